The van der Waals surface area contributed by atoms with E-state index in [1.54, 1.807) is 6.20 Å². The average Bonchev–Trinajstić information content (AvgIpc) is 2.72. The number of fused-ring (bicyclic) bond motifs is 1. The summed E-state index contributed by atoms with van der Waals surface area (Å²) in [5.41, 5.74) is 3.23. The molecule has 0 radical (unpaired) electrons. The highest BCUT2D eigenvalue weighted by Gasteiger charge is 2.09. The van der Waals surface area contributed by atoms with Crippen LogP contribution >= 0.6 is 12.2 Å². The van der Waals surface area contributed by atoms with E-state index in [0.29, 0.717) is 5.65 Å². The predicted octanol–water partition coefficient (Wildman–Crippen LogP) is 2.06. The average molecular weight is 258 g/mol. The van der Waals surface area contributed by atoms with Crippen molar-refractivity contribution < 1.29 is 0 Å². The summed E-state index contributed by atoms with van der Waals surface area (Å²) in [6.45, 7) is 2.02. The van der Waals surface area contributed by atoms with Gasteiger partial charge in [0.25, 0.3) is 0 Å². The molecule has 0 spiro atoms. The molecule has 0 aliphatic carbocycles. The van der Waals surface area contributed by atoms with Gasteiger partial charge in [-0.15, -0.1) is 0 Å². The van der Waals surface area contributed by atoms with Crippen LogP contribution in [0.25, 0.3) is 16.8 Å². The van der Waals surface area contributed by atoms with Crippen molar-refractivity contribution in [2.75, 3.05) is 0 Å². The van der Waals surface area contributed by atoms with Crippen molar-refractivity contribution in [2.24, 2.45) is 0 Å². The van der Waals surface area contributed by atoms with E-state index < -0.39 is 0 Å². The fourth-order valence-corrected chi connectivity index (χ4v) is 2.11. The lowest BCUT2D eigenvalue weighted by molar-refractivity contribution is 0.833. The molecule has 3 rings (SSSR count). The molecule has 0 atom stereocenters. The largest absolute Gasteiger partial charge is 0.348 e. The minimum absolute atomic E-state index is 0.188. The predicted molar refractivity (Wildman–Crippen MR) is 71.2 cm³/mol. The molecular formula is C12H10N4OS. The van der Waals surface area contributed by atoms with E-state index in [1.807, 2.05) is 31.2 Å². The Morgan fingerprint density at radius 2 is 2.22 bits per heavy atom. The van der Waals surface area contributed by atoms with E-state index in [9.17, 15) is 4.79 Å². The smallest absolute Gasteiger partial charge is 0.295 e. The van der Waals surface area contributed by atoms with Crippen LogP contribution in [-0.2, 0) is 0 Å². The highest BCUT2D eigenvalue weighted by atomic mass is 32.1. The molecule has 18 heavy (non-hydrogen) atoms. The maximum atomic E-state index is 11.7. The fourth-order valence-electron chi connectivity index (χ4n) is 1.94. The number of benzene rings is 1. The molecule has 0 saturated heterocycles. The number of hydrogen-bond donors (Lipinski definition) is 2. The van der Waals surface area contributed by atoms with Crippen LogP contribution in [-0.4, -0.2) is 19.6 Å². The van der Waals surface area contributed by atoms with Crippen LogP contribution in [0.4, 0.5) is 0 Å². The molecule has 0 fully saturated rings. The number of rotatable bonds is 1. The molecule has 0 aliphatic heterocycles. The lowest BCUT2D eigenvalue weighted by atomic mass is 10.1. The van der Waals surface area contributed by atoms with Crippen molar-refractivity contribution in [1.29, 1.82) is 0 Å². The SMILES string of the molecule is Cc1cccc(-c2c[nH]n3c(=O)[nH]c(=S)nc23)c1. The van der Waals surface area contributed by atoms with Crippen molar-refractivity contribution in [3.8, 4) is 11.1 Å². The minimum atomic E-state index is -0.316. The second-order valence-corrected chi connectivity index (χ2v) is 4.45. The molecule has 0 aliphatic rings. The normalized spacial score (nSPS) is 10.9. The van der Waals surface area contributed by atoms with Crippen LogP contribution < -0.4 is 5.69 Å². The van der Waals surface area contributed by atoms with E-state index in [1.165, 1.54) is 4.52 Å². The quantitative estimate of drug-likeness (QED) is 0.656. The van der Waals surface area contributed by atoms with Crippen LogP contribution in [0.3, 0.4) is 0 Å². The summed E-state index contributed by atoms with van der Waals surface area (Å²) in [5, 5.41) is 2.87. The first-order valence-electron chi connectivity index (χ1n) is 5.42. The molecule has 5 nitrogen and oxygen atoms in total. The van der Waals surface area contributed by atoms with Gasteiger partial charge < -0.3 is 0 Å². The van der Waals surface area contributed by atoms with Gasteiger partial charge in [0.1, 0.15) is 0 Å². The Morgan fingerprint density at radius 3 is 3.00 bits per heavy atom. The summed E-state index contributed by atoms with van der Waals surface area (Å²) in [4.78, 5) is 18.3. The molecule has 6 heteroatoms. The molecule has 3 aromatic rings. The van der Waals surface area contributed by atoms with E-state index >= 15 is 0 Å². The second-order valence-electron chi connectivity index (χ2n) is 4.06. The number of aromatic amines is 2. The Morgan fingerprint density at radius 1 is 1.39 bits per heavy atom. The topological polar surface area (TPSA) is 65.9 Å². The number of aromatic nitrogens is 4. The summed E-state index contributed by atoms with van der Waals surface area (Å²) in [5.74, 6) is 0. The summed E-state index contributed by atoms with van der Waals surface area (Å²) in [6.07, 6.45) is 1.75. The summed E-state index contributed by atoms with van der Waals surface area (Å²) in [6, 6.07) is 8.00. The molecule has 90 valence electrons. The van der Waals surface area contributed by atoms with E-state index in [-0.39, 0.29) is 10.5 Å². The van der Waals surface area contributed by atoms with Gasteiger partial charge in [-0.05, 0) is 24.7 Å². The van der Waals surface area contributed by atoms with Crippen LogP contribution in [0.2, 0.25) is 0 Å². The molecule has 2 heterocycles. The standard InChI is InChI=1S/C12H10N4OS/c1-7-3-2-4-8(5-7)9-6-13-16-10(9)14-11(18)15-12(16)17/h2-6,13H,1H3,(H,15,17,18). The Balaban J connectivity index is 2.37. The number of aryl methyl sites for hydroxylation is 1. The van der Waals surface area contributed by atoms with Gasteiger partial charge in [0.2, 0.25) is 4.77 Å². The van der Waals surface area contributed by atoms with Gasteiger partial charge in [0.15, 0.2) is 5.65 Å². The highest BCUT2D eigenvalue weighted by Crippen LogP contribution is 2.22. The summed E-state index contributed by atoms with van der Waals surface area (Å²) >= 11 is 4.93. The zero-order valence-electron chi connectivity index (χ0n) is 9.60. The maximum absolute atomic E-state index is 11.7. The summed E-state index contributed by atoms with van der Waals surface area (Å²) < 4.78 is 1.53. The van der Waals surface area contributed by atoms with Gasteiger partial charge in [-0.2, -0.15) is 9.50 Å². The van der Waals surface area contributed by atoms with Gasteiger partial charge in [-0.1, -0.05) is 29.8 Å². The monoisotopic (exact) mass is 258 g/mol. The van der Waals surface area contributed by atoms with Crippen LogP contribution in [0, 0.1) is 11.7 Å². The fraction of sp³-hybridized carbons (Fsp3) is 0.0833. The van der Waals surface area contributed by atoms with Crippen LogP contribution in [0.1, 0.15) is 5.56 Å². The van der Waals surface area contributed by atoms with Gasteiger partial charge in [0, 0.05) is 11.8 Å². The molecule has 0 saturated carbocycles. The number of hydrogen-bond acceptors (Lipinski definition) is 3. The molecule has 0 amide bonds. The molecule has 2 N–H and O–H groups in total. The number of nitrogens with zero attached hydrogens (tertiary/aromatic N) is 2. The van der Waals surface area contributed by atoms with Crippen LogP contribution in [0.15, 0.2) is 35.3 Å². The van der Waals surface area contributed by atoms with Gasteiger partial charge in [-0.3, -0.25) is 10.1 Å². The summed E-state index contributed by atoms with van der Waals surface area (Å²) in [7, 11) is 0. The van der Waals surface area contributed by atoms with Crippen molar-refractivity contribution in [3.05, 3.63) is 51.3 Å². The Hall–Kier alpha value is -2.21. The van der Waals surface area contributed by atoms with Crippen LogP contribution in [0.5, 0.6) is 0 Å². The minimum Gasteiger partial charge on any atom is -0.295 e. The van der Waals surface area contributed by atoms with Gasteiger partial charge in [0.05, 0.1) is 0 Å². The van der Waals surface area contributed by atoms with E-state index in [2.05, 4.69) is 15.1 Å². The van der Waals surface area contributed by atoms with Crippen molar-refractivity contribution in [3.63, 3.8) is 0 Å². The Labute approximate surface area is 107 Å². The van der Waals surface area contributed by atoms with Crippen molar-refractivity contribution in [1.82, 2.24) is 19.6 Å². The van der Waals surface area contributed by atoms with Gasteiger partial charge >= 0.3 is 5.69 Å². The Bertz CT molecular complexity index is 843. The van der Waals surface area contributed by atoms with Crippen molar-refractivity contribution >= 4 is 17.9 Å². The highest BCUT2D eigenvalue weighted by molar-refractivity contribution is 7.71. The third kappa shape index (κ3) is 1.67. The maximum Gasteiger partial charge on any atom is 0.348 e. The molecule has 0 bridgehead atoms. The Kier molecular flexibility index (Phi) is 2.38. The lowest BCUT2D eigenvalue weighted by Gasteiger charge is -1.99. The molecule has 0 unspecified atom stereocenters. The first-order valence-corrected chi connectivity index (χ1v) is 5.83. The lowest BCUT2D eigenvalue weighted by Crippen LogP contribution is -2.18. The van der Waals surface area contributed by atoms with E-state index in [4.69, 9.17) is 12.2 Å². The third-order valence-corrected chi connectivity index (χ3v) is 2.94. The molecular weight excluding hydrogens is 248 g/mol. The third-order valence-electron chi connectivity index (χ3n) is 2.74. The molecule has 2 aromatic heterocycles. The zero-order valence-corrected chi connectivity index (χ0v) is 10.4. The number of H-pyrrole nitrogens is 2. The number of nitrogens with one attached hydrogen (secondary N) is 2. The second kappa shape index (κ2) is 3.92. The van der Waals surface area contributed by atoms with E-state index in [0.717, 1.165) is 16.7 Å². The molecule has 1 aromatic carbocycles. The zero-order chi connectivity index (χ0) is 12.7. The van der Waals surface area contributed by atoms with Crippen molar-refractivity contribution in [2.45, 2.75) is 6.92 Å². The first kappa shape index (κ1) is 10.9. The first-order chi connectivity index (χ1) is 8.65. The van der Waals surface area contributed by atoms with Gasteiger partial charge in [-0.25, -0.2) is 4.79 Å².